The van der Waals surface area contributed by atoms with Gasteiger partial charge in [-0.1, -0.05) is 24.1 Å². The van der Waals surface area contributed by atoms with Crippen molar-refractivity contribution in [2.45, 2.75) is 4.90 Å². The summed E-state index contributed by atoms with van der Waals surface area (Å²) in [7, 11) is 3.22. The van der Waals surface area contributed by atoms with Crippen molar-refractivity contribution in [2.24, 2.45) is 0 Å². The van der Waals surface area contributed by atoms with Crippen molar-refractivity contribution in [3.05, 3.63) is 69.5 Å². The molecule has 0 atom stereocenters. The number of hydrogen-bond acceptors (Lipinski definition) is 5. The summed E-state index contributed by atoms with van der Waals surface area (Å²) in [6.07, 6.45) is 5.75. The number of fused-ring (bicyclic) bond motifs is 1. The molecule has 0 saturated heterocycles. The zero-order chi connectivity index (χ0) is 23.0. The molecule has 0 spiro atoms. The van der Waals surface area contributed by atoms with Crippen molar-refractivity contribution in [1.82, 2.24) is 0 Å². The summed E-state index contributed by atoms with van der Waals surface area (Å²) in [5.41, 5.74) is 3.11. The lowest BCUT2D eigenvalue weighted by Crippen LogP contribution is -1.98. The first kappa shape index (κ1) is 22.4. The molecule has 32 heavy (non-hydrogen) atoms. The van der Waals surface area contributed by atoms with Gasteiger partial charge in [-0.05, 0) is 69.0 Å². The van der Waals surface area contributed by atoms with Crippen LogP contribution >= 0.6 is 37.9 Å². The molecule has 8 heteroatoms. The highest BCUT2D eigenvalue weighted by molar-refractivity contribution is 9.10. The number of halogens is 2. The standard InChI is InChI=1S/C24H13BrClNO3S2/c1-3-14-6-4-5-7-16(14)18-12-21-20(24(25)22(13-27)31-21)11-17(18)19-10-15(30-2)8-9-23(19)32(26,28)29/h1,4-12H,2H3. The maximum atomic E-state index is 12.4. The molecule has 0 saturated carbocycles. The average Bonchev–Trinajstić information content (AvgIpc) is 3.11. The maximum Gasteiger partial charge on any atom is 0.261 e. The van der Waals surface area contributed by atoms with E-state index in [-0.39, 0.29) is 4.90 Å². The summed E-state index contributed by atoms with van der Waals surface area (Å²) in [6.45, 7) is 0. The van der Waals surface area contributed by atoms with Gasteiger partial charge in [0.15, 0.2) is 0 Å². The van der Waals surface area contributed by atoms with Crippen molar-refractivity contribution in [1.29, 1.82) is 5.26 Å². The third kappa shape index (κ3) is 3.90. The molecule has 0 aliphatic heterocycles. The van der Waals surface area contributed by atoms with E-state index in [0.717, 1.165) is 21.2 Å². The van der Waals surface area contributed by atoms with E-state index in [9.17, 15) is 13.7 Å². The SMILES string of the molecule is C#Cc1ccccc1-c1cc2sc(C#N)c(Br)c2cc1-c1cc(OC)ccc1S(=O)(=O)Cl. The molecule has 0 aliphatic carbocycles. The van der Waals surface area contributed by atoms with Crippen LogP contribution in [0.5, 0.6) is 5.75 Å². The molecule has 158 valence electrons. The molecule has 0 fully saturated rings. The Morgan fingerprint density at radius 3 is 2.44 bits per heavy atom. The first-order valence-electron chi connectivity index (χ1n) is 9.13. The number of rotatable bonds is 4. The number of nitrogens with zero attached hydrogens (tertiary/aromatic N) is 1. The van der Waals surface area contributed by atoms with Gasteiger partial charge in [0.05, 0.1) is 16.5 Å². The van der Waals surface area contributed by atoms with Gasteiger partial charge in [0.2, 0.25) is 0 Å². The Hall–Kier alpha value is -2.81. The largest absolute Gasteiger partial charge is 0.497 e. The Morgan fingerprint density at radius 1 is 1.06 bits per heavy atom. The van der Waals surface area contributed by atoms with Gasteiger partial charge < -0.3 is 4.74 Å². The van der Waals surface area contributed by atoms with Gasteiger partial charge in [0.1, 0.15) is 16.7 Å². The molecule has 0 unspecified atom stereocenters. The zero-order valence-corrected chi connectivity index (χ0v) is 20.5. The first-order valence-corrected chi connectivity index (χ1v) is 13.1. The van der Waals surface area contributed by atoms with E-state index in [1.807, 2.05) is 36.4 Å². The lowest BCUT2D eigenvalue weighted by Gasteiger charge is -2.16. The molecule has 0 N–H and O–H groups in total. The van der Waals surface area contributed by atoms with Crippen LogP contribution in [0.25, 0.3) is 32.3 Å². The third-order valence-electron chi connectivity index (χ3n) is 4.98. The lowest BCUT2D eigenvalue weighted by molar-refractivity contribution is 0.414. The second-order valence-electron chi connectivity index (χ2n) is 6.74. The first-order chi connectivity index (χ1) is 15.3. The third-order valence-corrected chi connectivity index (χ3v) is 8.50. The number of ether oxygens (including phenoxy) is 1. The second kappa shape index (κ2) is 8.61. The van der Waals surface area contributed by atoms with Crippen molar-refractivity contribution < 1.29 is 13.2 Å². The summed E-state index contributed by atoms with van der Waals surface area (Å²) in [4.78, 5) is 0.467. The lowest BCUT2D eigenvalue weighted by atomic mass is 9.91. The number of hydrogen-bond donors (Lipinski definition) is 0. The minimum atomic E-state index is -4.07. The van der Waals surface area contributed by atoms with Gasteiger partial charge in [-0.3, -0.25) is 0 Å². The number of thiophene rings is 1. The molecule has 4 nitrogen and oxygen atoms in total. The highest BCUT2D eigenvalue weighted by Crippen LogP contribution is 2.45. The van der Waals surface area contributed by atoms with Crippen LogP contribution in [0, 0.1) is 23.7 Å². The fourth-order valence-corrected chi connectivity index (χ4v) is 6.30. The normalized spacial score (nSPS) is 11.2. The van der Waals surface area contributed by atoms with Crippen LogP contribution in [0.1, 0.15) is 10.4 Å². The summed E-state index contributed by atoms with van der Waals surface area (Å²) < 4.78 is 31.7. The molecular formula is C24H13BrClNO3S2. The molecule has 0 amide bonds. The van der Waals surface area contributed by atoms with Crippen LogP contribution in [0.4, 0.5) is 0 Å². The average molecular weight is 543 g/mol. The van der Waals surface area contributed by atoms with E-state index >= 15 is 0 Å². The molecule has 3 aromatic carbocycles. The highest BCUT2D eigenvalue weighted by Gasteiger charge is 2.23. The van der Waals surface area contributed by atoms with Crippen LogP contribution < -0.4 is 4.74 Å². The van der Waals surface area contributed by atoms with Gasteiger partial charge >= 0.3 is 0 Å². The van der Waals surface area contributed by atoms with Gasteiger partial charge in [-0.25, -0.2) is 8.42 Å². The monoisotopic (exact) mass is 541 g/mol. The number of nitriles is 1. The van der Waals surface area contributed by atoms with Crippen LogP contribution in [0.3, 0.4) is 0 Å². The Balaban J connectivity index is 2.20. The number of terminal acetylenes is 1. The Morgan fingerprint density at radius 2 is 1.78 bits per heavy atom. The van der Waals surface area contributed by atoms with Crippen molar-refractivity contribution in [2.75, 3.05) is 7.11 Å². The Labute approximate surface area is 202 Å². The van der Waals surface area contributed by atoms with Crippen molar-refractivity contribution in [3.8, 4) is 46.4 Å². The minimum absolute atomic E-state index is 0.0504. The van der Waals surface area contributed by atoms with E-state index in [2.05, 4.69) is 27.9 Å². The fourth-order valence-electron chi connectivity index (χ4n) is 3.53. The predicted octanol–water partition coefficient (Wildman–Crippen LogP) is 6.79. The summed E-state index contributed by atoms with van der Waals surface area (Å²) in [5, 5.41) is 10.3. The molecule has 1 heterocycles. The smallest absolute Gasteiger partial charge is 0.261 e. The van der Waals surface area contributed by atoms with E-state index in [4.69, 9.17) is 21.8 Å². The van der Waals surface area contributed by atoms with Crippen molar-refractivity contribution >= 4 is 57.1 Å². The van der Waals surface area contributed by atoms with Gasteiger partial charge in [0, 0.05) is 31.9 Å². The highest BCUT2D eigenvalue weighted by atomic mass is 79.9. The van der Waals surface area contributed by atoms with Crippen LogP contribution in [-0.4, -0.2) is 15.5 Å². The zero-order valence-electron chi connectivity index (χ0n) is 16.5. The van der Waals surface area contributed by atoms with E-state index in [0.29, 0.717) is 31.8 Å². The molecule has 4 rings (SSSR count). The summed E-state index contributed by atoms with van der Waals surface area (Å²) in [5.74, 6) is 3.16. The van der Waals surface area contributed by atoms with Gasteiger partial charge in [0.25, 0.3) is 9.05 Å². The molecule has 4 aromatic rings. The second-order valence-corrected chi connectivity index (χ2v) is 11.1. The summed E-state index contributed by atoms with van der Waals surface area (Å²) in [6, 6.07) is 17.9. The fraction of sp³-hybridized carbons (Fsp3) is 0.0417. The molecule has 0 radical (unpaired) electrons. The van der Waals surface area contributed by atoms with E-state index in [1.54, 1.807) is 12.1 Å². The van der Waals surface area contributed by atoms with E-state index in [1.165, 1.54) is 24.5 Å². The minimum Gasteiger partial charge on any atom is -0.497 e. The van der Waals surface area contributed by atoms with E-state index < -0.39 is 9.05 Å². The molecule has 0 aliphatic rings. The Kier molecular flexibility index (Phi) is 6.03. The van der Waals surface area contributed by atoms with Crippen LogP contribution in [-0.2, 0) is 9.05 Å². The van der Waals surface area contributed by atoms with Crippen LogP contribution in [0.15, 0.2) is 64.0 Å². The molecule has 0 bridgehead atoms. The quantitative estimate of drug-likeness (QED) is 0.210. The van der Waals surface area contributed by atoms with Gasteiger partial charge in [-0.15, -0.1) is 17.8 Å². The van der Waals surface area contributed by atoms with Gasteiger partial charge in [-0.2, -0.15) is 5.26 Å². The summed E-state index contributed by atoms with van der Waals surface area (Å²) >= 11 is 4.84. The topological polar surface area (TPSA) is 67.2 Å². The molecular weight excluding hydrogens is 530 g/mol. The number of methoxy groups -OCH3 is 1. The van der Waals surface area contributed by atoms with Crippen LogP contribution in [0.2, 0.25) is 0 Å². The van der Waals surface area contributed by atoms with Crippen molar-refractivity contribution in [3.63, 3.8) is 0 Å². The molecule has 1 aromatic heterocycles. The number of benzene rings is 3. The predicted molar refractivity (Wildman–Crippen MR) is 133 cm³/mol. The maximum absolute atomic E-state index is 12.4. The Bertz CT molecular complexity index is 1580.